The lowest BCUT2D eigenvalue weighted by atomic mass is 9.70. The predicted molar refractivity (Wildman–Crippen MR) is 227 cm³/mol. The molecule has 0 saturated heterocycles. The van der Waals surface area contributed by atoms with Gasteiger partial charge in [0.05, 0.1) is 0 Å². The SMILES string of the molecule is CC(c1ccc(-c2ccc(C(C)(c3ccc(S)c(S)c3)c3ccc(S)c(S)c3)cc2)cc1)(c1ccc(S)c(S)c1)c1ccc(S)c(S)c1. The molecule has 0 saturated carbocycles. The van der Waals surface area contributed by atoms with E-state index in [1.54, 1.807) is 0 Å². The maximum Gasteiger partial charge on any atom is 0.0424 e. The zero-order valence-corrected chi connectivity index (χ0v) is 33.3. The quantitative estimate of drug-likeness (QED) is 0.0576. The second-order valence-corrected chi connectivity index (χ2v) is 16.1. The minimum atomic E-state index is -0.467. The molecule has 0 unspecified atom stereocenters. The molecule has 0 amide bonds. The molecule has 242 valence electrons. The first-order valence-electron chi connectivity index (χ1n) is 15.1. The van der Waals surface area contributed by atoms with Crippen LogP contribution >= 0.6 is 101 Å². The van der Waals surface area contributed by atoms with E-state index in [2.05, 4.69) is 161 Å². The van der Waals surface area contributed by atoms with Crippen molar-refractivity contribution in [3.63, 3.8) is 0 Å². The van der Waals surface area contributed by atoms with Crippen LogP contribution in [0, 0.1) is 0 Å². The van der Waals surface area contributed by atoms with Crippen LogP contribution in [0.4, 0.5) is 0 Å². The third kappa shape index (κ3) is 6.76. The maximum absolute atomic E-state index is 4.70. The summed E-state index contributed by atoms with van der Waals surface area (Å²) in [5.74, 6) is 0. The molecular weight excluding hydrogens is 737 g/mol. The molecule has 0 N–H and O–H groups in total. The topological polar surface area (TPSA) is 0 Å². The highest BCUT2D eigenvalue weighted by Gasteiger charge is 2.33. The van der Waals surface area contributed by atoms with Gasteiger partial charge in [-0.05, 0) is 107 Å². The van der Waals surface area contributed by atoms with E-state index in [0.717, 1.165) is 83.7 Å². The van der Waals surface area contributed by atoms with Crippen LogP contribution in [0.25, 0.3) is 11.1 Å². The summed E-state index contributed by atoms with van der Waals surface area (Å²) >= 11 is 37.1. The summed E-state index contributed by atoms with van der Waals surface area (Å²) in [6.45, 7) is 4.48. The predicted octanol–water partition coefficient (Wildman–Crippen LogP) is 12.4. The van der Waals surface area contributed by atoms with Gasteiger partial charge in [0, 0.05) is 50.0 Å². The highest BCUT2D eigenvalue weighted by atomic mass is 32.1. The molecule has 0 aliphatic carbocycles. The van der Waals surface area contributed by atoms with Crippen LogP contribution in [0.5, 0.6) is 0 Å². The first-order chi connectivity index (χ1) is 22.8. The molecule has 0 aliphatic heterocycles. The second kappa shape index (κ2) is 14.4. The van der Waals surface area contributed by atoms with Crippen molar-refractivity contribution in [2.24, 2.45) is 0 Å². The van der Waals surface area contributed by atoms with E-state index in [-0.39, 0.29) is 0 Å². The van der Waals surface area contributed by atoms with Crippen molar-refractivity contribution < 1.29 is 0 Å². The number of benzene rings is 6. The highest BCUT2D eigenvalue weighted by molar-refractivity contribution is 7.84. The summed E-state index contributed by atoms with van der Waals surface area (Å²) < 4.78 is 0. The number of thiol groups is 8. The van der Waals surface area contributed by atoms with Crippen molar-refractivity contribution in [3.8, 4) is 11.1 Å². The molecule has 0 radical (unpaired) electrons. The summed E-state index contributed by atoms with van der Waals surface area (Å²) in [5.41, 5.74) is 8.10. The normalized spacial score (nSPS) is 12.0. The van der Waals surface area contributed by atoms with Crippen molar-refractivity contribution >= 4 is 101 Å². The van der Waals surface area contributed by atoms with Gasteiger partial charge in [0.15, 0.2) is 0 Å². The molecule has 48 heavy (non-hydrogen) atoms. The van der Waals surface area contributed by atoms with Crippen molar-refractivity contribution in [3.05, 3.63) is 155 Å². The van der Waals surface area contributed by atoms with Gasteiger partial charge < -0.3 is 0 Å². The van der Waals surface area contributed by atoms with E-state index in [0.29, 0.717) is 0 Å². The molecule has 6 rings (SSSR count). The lowest BCUT2D eigenvalue weighted by Crippen LogP contribution is -2.25. The standard InChI is InChI=1S/C40H34S8/c1-39(27-11-15-31(41)35(45)19-27,28-12-16-32(42)36(46)20-28)25-7-3-23(4-8-25)24-5-9-26(10-6-24)40(2,29-13-17-33(43)37(47)21-29)30-14-18-34(44)38(48)22-30/h3-22,41-48H,1-2H3. The molecule has 0 heterocycles. The fourth-order valence-corrected chi connectivity index (χ4v) is 7.74. The molecule has 6 aromatic rings. The van der Waals surface area contributed by atoms with Gasteiger partial charge in [-0.2, -0.15) is 0 Å². The van der Waals surface area contributed by atoms with Crippen LogP contribution in [0.15, 0.2) is 160 Å². The third-order valence-corrected chi connectivity index (χ3v) is 13.2. The largest absolute Gasteiger partial charge is 0.142 e. The van der Waals surface area contributed by atoms with E-state index in [1.165, 1.54) is 0 Å². The first kappa shape index (κ1) is 35.9. The van der Waals surface area contributed by atoms with Crippen molar-refractivity contribution in [2.75, 3.05) is 0 Å². The smallest absolute Gasteiger partial charge is 0.0424 e. The van der Waals surface area contributed by atoms with Crippen LogP contribution < -0.4 is 0 Å². The summed E-state index contributed by atoms with van der Waals surface area (Å²) in [5, 5.41) is 0. The van der Waals surface area contributed by atoms with Crippen LogP contribution in [0.2, 0.25) is 0 Å². The molecule has 8 heteroatoms. The van der Waals surface area contributed by atoms with E-state index >= 15 is 0 Å². The van der Waals surface area contributed by atoms with Gasteiger partial charge in [-0.3, -0.25) is 0 Å². The van der Waals surface area contributed by atoms with Crippen molar-refractivity contribution in [1.82, 2.24) is 0 Å². The molecule has 0 nitrogen and oxygen atoms in total. The summed E-state index contributed by atoms with van der Waals surface area (Å²) in [7, 11) is 0. The summed E-state index contributed by atoms with van der Waals surface area (Å²) in [4.78, 5) is 6.71. The Morgan fingerprint density at radius 2 is 0.479 bits per heavy atom. The minimum absolute atomic E-state index is 0.467. The van der Waals surface area contributed by atoms with Gasteiger partial charge in [-0.1, -0.05) is 72.8 Å². The molecule has 0 aliphatic rings. The Labute approximate surface area is 327 Å². The zero-order valence-electron chi connectivity index (χ0n) is 26.1. The Morgan fingerprint density at radius 1 is 0.271 bits per heavy atom. The monoisotopic (exact) mass is 770 g/mol. The summed E-state index contributed by atoms with van der Waals surface area (Å²) in [6, 6.07) is 42.6. The van der Waals surface area contributed by atoms with Gasteiger partial charge >= 0.3 is 0 Å². The van der Waals surface area contributed by atoms with Crippen molar-refractivity contribution in [1.29, 1.82) is 0 Å². The van der Waals surface area contributed by atoms with Gasteiger partial charge in [0.1, 0.15) is 0 Å². The van der Waals surface area contributed by atoms with Crippen LogP contribution in [0.1, 0.15) is 47.2 Å². The van der Waals surface area contributed by atoms with Crippen LogP contribution in [-0.4, -0.2) is 0 Å². The van der Waals surface area contributed by atoms with E-state index < -0.39 is 10.8 Å². The Kier molecular flexibility index (Phi) is 10.8. The number of rotatable bonds is 7. The Morgan fingerprint density at radius 3 is 0.688 bits per heavy atom. The average molecular weight is 771 g/mol. The Balaban J connectivity index is 1.40. The number of hydrogen-bond acceptors (Lipinski definition) is 8. The van der Waals surface area contributed by atoms with Crippen LogP contribution in [-0.2, 0) is 10.8 Å². The van der Waals surface area contributed by atoms with E-state index in [1.807, 2.05) is 24.3 Å². The lowest BCUT2D eigenvalue weighted by molar-refractivity contribution is 0.684. The maximum atomic E-state index is 4.70. The lowest BCUT2D eigenvalue weighted by Gasteiger charge is -2.33. The third-order valence-electron chi connectivity index (χ3n) is 9.47. The molecule has 0 spiro atoms. The zero-order chi connectivity index (χ0) is 34.4. The van der Waals surface area contributed by atoms with Crippen LogP contribution in [0.3, 0.4) is 0 Å². The highest BCUT2D eigenvalue weighted by Crippen LogP contribution is 2.44. The number of hydrogen-bond donors (Lipinski definition) is 8. The van der Waals surface area contributed by atoms with E-state index in [9.17, 15) is 0 Å². The minimum Gasteiger partial charge on any atom is -0.142 e. The van der Waals surface area contributed by atoms with Gasteiger partial charge in [-0.15, -0.1) is 101 Å². The first-order valence-corrected chi connectivity index (χ1v) is 18.7. The van der Waals surface area contributed by atoms with E-state index in [4.69, 9.17) is 50.5 Å². The van der Waals surface area contributed by atoms with Crippen molar-refractivity contribution in [2.45, 2.75) is 63.8 Å². The van der Waals surface area contributed by atoms with Gasteiger partial charge in [-0.25, -0.2) is 0 Å². The molecule has 0 fully saturated rings. The fourth-order valence-electron chi connectivity index (χ4n) is 6.33. The van der Waals surface area contributed by atoms with Gasteiger partial charge in [0.25, 0.3) is 0 Å². The summed E-state index contributed by atoms with van der Waals surface area (Å²) in [6.07, 6.45) is 0. The Hall–Kier alpha value is -1.88. The molecular formula is C40H34S8. The molecule has 0 atom stereocenters. The molecule has 6 aromatic carbocycles. The fraction of sp³-hybridized carbons (Fsp3) is 0.100. The molecule has 0 aromatic heterocycles. The van der Waals surface area contributed by atoms with Gasteiger partial charge in [0.2, 0.25) is 0 Å². The molecule has 0 bridgehead atoms. The Bertz CT molecular complexity index is 1880. The average Bonchev–Trinajstić information content (AvgIpc) is 3.09. The second-order valence-electron chi connectivity index (χ2n) is 12.2.